The Labute approximate surface area is 205 Å². The van der Waals surface area contributed by atoms with E-state index in [4.69, 9.17) is 4.98 Å². The molecule has 4 aromatic rings. The van der Waals surface area contributed by atoms with Gasteiger partial charge in [0, 0.05) is 17.7 Å². The van der Waals surface area contributed by atoms with Crippen LogP contribution >= 0.6 is 23.1 Å². The van der Waals surface area contributed by atoms with Crippen molar-refractivity contribution in [3.63, 3.8) is 0 Å². The number of ketones is 1. The van der Waals surface area contributed by atoms with Crippen LogP contribution in [0, 0.1) is 0 Å². The number of carbonyl (C=O) groups excluding carboxylic acids is 2. The van der Waals surface area contributed by atoms with Crippen LogP contribution in [0.25, 0.3) is 15.9 Å². The van der Waals surface area contributed by atoms with Crippen molar-refractivity contribution < 1.29 is 9.59 Å². The maximum Gasteiger partial charge on any atom is 0.267 e. The van der Waals surface area contributed by atoms with Crippen LogP contribution in [0.5, 0.6) is 0 Å². The zero-order valence-electron chi connectivity index (χ0n) is 18.6. The van der Waals surface area contributed by atoms with Crippen molar-refractivity contribution in [2.45, 2.75) is 37.3 Å². The molecule has 2 aromatic heterocycles. The van der Waals surface area contributed by atoms with E-state index in [1.165, 1.54) is 23.1 Å². The number of benzene rings is 2. The maximum atomic E-state index is 13.6. The van der Waals surface area contributed by atoms with Gasteiger partial charge in [0.2, 0.25) is 5.91 Å². The molecule has 2 aromatic carbocycles. The molecule has 0 aliphatic heterocycles. The predicted octanol–water partition coefficient (Wildman–Crippen LogP) is 5.65. The molecule has 0 saturated heterocycles. The summed E-state index contributed by atoms with van der Waals surface area (Å²) in [5.74, 6) is 0.454. The second kappa shape index (κ2) is 9.56. The molecule has 0 atom stereocenters. The second-order valence-corrected chi connectivity index (χ2v) is 10.0. The van der Waals surface area contributed by atoms with Gasteiger partial charge in [-0.2, -0.15) is 0 Å². The molecule has 1 fully saturated rings. The molecule has 34 heavy (non-hydrogen) atoms. The highest BCUT2D eigenvalue weighted by molar-refractivity contribution is 7.99. The predicted molar refractivity (Wildman–Crippen MR) is 138 cm³/mol. The van der Waals surface area contributed by atoms with Crippen molar-refractivity contribution in [3.8, 4) is 5.69 Å². The number of thiophene rings is 1. The van der Waals surface area contributed by atoms with Gasteiger partial charge in [-0.3, -0.25) is 19.0 Å². The van der Waals surface area contributed by atoms with Gasteiger partial charge in [-0.05, 0) is 66.1 Å². The number of amides is 1. The molecule has 1 saturated carbocycles. The average Bonchev–Trinajstić information content (AvgIpc) is 3.62. The lowest BCUT2D eigenvalue weighted by atomic mass is 10.1. The molecule has 5 rings (SSSR count). The van der Waals surface area contributed by atoms with Gasteiger partial charge in [-0.15, -0.1) is 11.3 Å². The van der Waals surface area contributed by atoms with E-state index in [9.17, 15) is 14.4 Å². The quantitative estimate of drug-likeness (QED) is 0.197. The normalized spacial score (nSPS) is 13.2. The van der Waals surface area contributed by atoms with Crippen LogP contribution in [0.4, 0.5) is 5.69 Å². The van der Waals surface area contributed by atoms with Gasteiger partial charge in [-0.1, -0.05) is 36.9 Å². The number of para-hydroxylation sites is 1. The minimum Gasteiger partial charge on any atom is -0.326 e. The third-order valence-electron chi connectivity index (χ3n) is 5.78. The third-order valence-corrected chi connectivity index (χ3v) is 7.61. The number of fused-ring (bicyclic) bond motifs is 1. The van der Waals surface area contributed by atoms with Gasteiger partial charge in [0.05, 0.1) is 16.8 Å². The molecule has 2 heterocycles. The Balaban J connectivity index is 1.44. The highest BCUT2D eigenvalue weighted by Gasteiger charge is 2.29. The summed E-state index contributed by atoms with van der Waals surface area (Å²) >= 11 is 2.76. The van der Waals surface area contributed by atoms with E-state index in [0.29, 0.717) is 34.1 Å². The maximum absolute atomic E-state index is 13.6. The monoisotopic (exact) mass is 489 g/mol. The molecule has 1 aliphatic carbocycles. The van der Waals surface area contributed by atoms with Crippen molar-refractivity contribution in [1.29, 1.82) is 0 Å². The standard InChI is InChI=1S/C26H23N3O3S2/c1-2-22(31)27-18-12-10-17(11-13-18)21(30)15-34-26-28-24-23(20(14-33-24)16-8-9-16)25(32)29(26)19-6-4-3-5-7-19/h3-7,10-14,16H,2,8-9,15H2,1H3,(H,27,31). The topological polar surface area (TPSA) is 81.1 Å². The molecule has 1 N–H and O–H groups in total. The number of nitrogens with zero attached hydrogens (tertiary/aromatic N) is 2. The van der Waals surface area contributed by atoms with E-state index in [-0.39, 0.29) is 23.0 Å². The molecular formula is C26H23N3O3S2. The smallest absolute Gasteiger partial charge is 0.267 e. The molecule has 0 radical (unpaired) electrons. The van der Waals surface area contributed by atoms with Gasteiger partial charge < -0.3 is 5.32 Å². The first-order chi connectivity index (χ1) is 16.5. The number of Topliss-reactive ketones (excluding diaryl/α,β-unsaturated/α-hetero) is 1. The van der Waals surface area contributed by atoms with Gasteiger partial charge in [-0.25, -0.2) is 4.98 Å². The van der Waals surface area contributed by atoms with Gasteiger partial charge >= 0.3 is 0 Å². The Bertz CT molecular complexity index is 1420. The highest BCUT2D eigenvalue weighted by Crippen LogP contribution is 2.44. The van der Waals surface area contributed by atoms with E-state index in [1.807, 2.05) is 30.3 Å². The number of aromatic nitrogens is 2. The fraction of sp³-hybridized carbons (Fsp3) is 0.231. The zero-order valence-corrected chi connectivity index (χ0v) is 20.2. The fourth-order valence-electron chi connectivity index (χ4n) is 3.79. The number of hydrogen-bond donors (Lipinski definition) is 1. The first kappa shape index (κ1) is 22.6. The Morgan fingerprint density at radius 3 is 2.53 bits per heavy atom. The van der Waals surface area contributed by atoms with Crippen molar-refractivity contribution in [1.82, 2.24) is 9.55 Å². The SMILES string of the molecule is CCC(=O)Nc1ccc(C(=O)CSc2nc3scc(C4CC4)c3c(=O)n2-c2ccccc2)cc1. The van der Waals surface area contributed by atoms with Crippen LogP contribution in [0.2, 0.25) is 0 Å². The van der Waals surface area contributed by atoms with Crippen LogP contribution in [0.3, 0.4) is 0 Å². The molecule has 8 heteroatoms. The van der Waals surface area contributed by atoms with Crippen molar-refractivity contribution >= 4 is 50.7 Å². The Morgan fingerprint density at radius 2 is 1.85 bits per heavy atom. The minimum atomic E-state index is -0.0784. The molecule has 1 amide bonds. The van der Waals surface area contributed by atoms with Crippen LogP contribution in [-0.4, -0.2) is 27.0 Å². The van der Waals surface area contributed by atoms with E-state index < -0.39 is 0 Å². The van der Waals surface area contributed by atoms with E-state index >= 15 is 0 Å². The molecule has 172 valence electrons. The van der Waals surface area contributed by atoms with Gasteiger partial charge in [0.15, 0.2) is 10.9 Å². The number of carbonyl (C=O) groups is 2. The Morgan fingerprint density at radius 1 is 1.12 bits per heavy atom. The average molecular weight is 490 g/mol. The number of rotatable bonds is 8. The van der Waals surface area contributed by atoms with Gasteiger partial charge in [0.25, 0.3) is 5.56 Å². The van der Waals surface area contributed by atoms with E-state index in [1.54, 1.807) is 35.8 Å². The molecule has 0 bridgehead atoms. The Kier molecular flexibility index (Phi) is 6.34. The van der Waals surface area contributed by atoms with Crippen molar-refractivity contribution in [2.24, 2.45) is 0 Å². The zero-order chi connectivity index (χ0) is 23.7. The van der Waals surface area contributed by atoms with Crippen LogP contribution < -0.4 is 10.9 Å². The lowest BCUT2D eigenvalue weighted by Gasteiger charge is -2.12. The van der Waals surface area contributed by atoms with E-state index in [2.05, 4.69) is 10.7 Å². The first-order valence-electron chi connectivity index (χ1n) is 11.2. The summed E-state index contributed by atoms with van der Waals surface area (Å²) < 4.78 is 1.63. The molecular weight excluding hydrogens is 466 g/mol. The minimum absolute atomic E-state index is 0.0721. The summed E-state index contributed by atoms with van der Waals surface area (Å²) in [6, 6.07) is 16.3. The molecule has 1 aliphatic rings. The fourth-order valence-corrected chi connectivity index (χ4v) is 5.76. The molecule has 0 unspecified atom stereocenters. The third kappa shape index (κ3) is 4.56. The van der Waals surface area contributed by atoms with Crippen LogP contribution in [-0.2, 0) is 4.79 Å². The summed E-state index contributed by atoms with van der Waals surface area (Å²) in [7, 11) is 0. The van der Waals surface area contributed by atoms with Crippen molar-refractivity contribution in [2.75, 3.05) is 11.1 Å². The molecule has 0 spiro atoms. The largest absolute Gasteiger partial charge is 0.326 e. The second-order valence-electron chi connectivity index (χ2n) is 8.21. The molecule has 6 nitrogen and oxygen atoms in total. The van der Waals surface area contributed by atoms with Gasteiger partial charge in [0.1, 0.15) is 4.83 Å². The number of thioether (sulfide) groups is 1. The summed E-state index contributed by atoms with van der Waals surface area (Å²) in [5, 5.41) is 6.05. The highest BCUT2D eigenvalue weighted by atomic mass is 32.2. The van der Waals surface area contributed by atoms with Crippen LogP contribution in [0.15, 0.2) is 69.9 Å². The number of nitrogens with one attached hydrogen (secondary N) is 1. The van der Waals surface area contributed by atoms with Crippen molar-refractivity contribution in [3.05, 3.63) is 81.5 Å². The number of anilines is 1. The van der Waals surface area contributed by atoms with Crippen LogP contribution in [0.1, 0.15) is 48.0 Å². The summed E-state index contributed by atoms with van der Waals surface area (Å²) in [4.78, 5) is 43.6. The lowest BCUT2D eigenvalue weighted by molar-refractivity contribution is -0.115. The first-order valence-corrected chi connectivity index (χ1v) is 13.1. The summed E-state index contributed by atoms with van der Waals surface area (Å²) in [6.45, 7) is 1.79. The van der Waals surface area contributed by atoms with E-state index in [0.717, 1.165) is 28.9 Å². The lowest BCUT2D eigenvalue weighted by Crippen LogP contribution is -2.22. The Hall–Kier alpha value is -3.23. The number of hydrogen-bond acceptors (Lipinski definition) is 6. The summed E-state index contributed by atoms with van der Waals surface area (Å²) in [6.07, 6.45) is 2.62. The summed E-state index contributed by atoms with van der Waals surface area (Å²) in [5.41, 5.74) is 2.96.